The number of rotatable bonds is 5. The highest BCUT2D eigenvalue weighted by molar-refractivity contribution is 6.30. The van der Waals surface area contributed by atoms with Crippen molar-refractivity contribution in [1.29, 1.82) is 0 Å². The van der Waals surface area contributed by atoms with Crippen LogP contribution in [-0.4, -0.2) is 22.3 Å². The maximum Gasteiger partial charge on any atom is 0.263 e. The van der Waals surface area contributed by atoms with Crippen molar-refractivity contribution in [2.75, 3.05) is 11.9 Å². The van der Waals surface area contributed by atoms with Crippen molar-refractivity contribution in [3.05, 3.63) is 70.9 Å². The Hall–Kier alpha value is -2.79. The molecule has 3 aromatic rings. The van der Waals surface area contributed by atoms with Crippen LogP contribution in [0.2, 0.25) is 5.02 Å². The Morgan fingerprint density at radius 1 is 1.12 bits per heavy atom. The number of hydrogen-bond donors (Lipinski definition) is 1. The van der Waals surface area contributed by atoms with Crippen LogP contribution in [0.1, 0.15) is 17.7 Å². The molecule has 1 aliphatic carbocycles. The Balaban J connectivity index is 1.52. The first-order valence-electron chi connectivity index (χ1n) is 8.55. The van der Waals surface area contributed by atoms with Crippen LogP contribution in [0.3, 0.4) is 0 Å². The van der Waals surface area contributed by atoms with E-state index in [0.29, 0.717) is 10.8 Å². The van der Waals surface area contributed by atoms with Crippen molar-refractivity contribution in [1.82, 2.24) is 9.78 Å². The first kappa shape index (κ1) is 16.7. The summed E-state index contributed by atoms with van der Waals surface area (Å²) in [7, 11) is 0. The van der Waals surface area contributed by atoms with Crippen LogP contribution < -0.4 is 10.1 Å². The number of aromatic nitrogens is 2. The SMILES string of the molecule is O=C(COc1ccc(Cl)cc1)Nc1c2c(nn1-c1ccccc1)CCC2. The number of fused-ring (bicyclic) bond motifs is 1. The lowest BCUT2D eigenvalue weighted by Gasteiger charge is -2.11. The van der Waals surface area contributed by atoms with E-state index in [1.807, 2.05) is 35.0 Å². The molecule has 1 amide bonds. The summed E-state index contributed by atoms with van der Waals surface area (Å²) in [4.78, 5) is 12.4. The minimum absolute atomic E-state index is 0.0730. The van der Waals surface area contributed by atoms with E-state index in [4.69, 9.17) is 16.3 Å². The Labute approximate surface area is 156 Å². The van der Waals surface area contributed by atoms with Gasteiger partial charge in [0.05, 0.1) is 11.4 Å². The summed E-state index contributed by atoms with van der Waals surface area (Å²) < 4.78 is 7.35. The molecule has 0 aliphatic heterocycles. The number of para-hydroxylation sites is 1. The Bertz CT molecular complexity index is 920. The van der Waals surface area contributed by atoms with Crippen LogP contribution in [-0.2, 0) is 17.6 Å². The lowest BCUT2D eigenvalue weighted by molar-refractivity contribution is -0.118. The van der Waals surface area contributed by atoms with Crippen molar-refractivity contribution in [3.63, 3.8) is 0 Å². The van der Waals surface area contributed by atoms with E-state index >= 15 is 0 Å². The number of amides is 1. The molecule has 26 heavy (non-hydrogen) atoms. The van der Waals surface area contributed by atoms with Gasteiger partial charge < -0.3 is 10.1 Å². The van der Waals surface area contributed by atoms with Crippen molar-refractivity contribution in [3.8, 4) is 11.4 Å². The minimum atomic E-state index is -0.216. The van der Waals surface area contributed by atoms with Gasteiger partial charge in [0.15, 0.2) is 6.61 Å². The van der Waals surface area contributed by atoms with E-state index in [0.717, 1.165) is 42.0 Å². The van der Waals surface area contributed by atoms with Gasteiger partial charge in [0, 0.05) is 10.6 Å². The third-order valence-electron chi connectivity index (χ3n) is 4.35. The smallest absolute Gasteiger partial charge is 0.263 e. The molecule has 132 valence electrons. The van der Waals surface area contributed by atoms with Crippen molar-refractivity contribution < 1.29 is 9.53 Å². The normalized spacial score (nSPS) is 12.7. The number of hydrogen-bond acceptors (Lipinski definition) is 3. The molecule has 1 aromatic heterocycles. The molecule has 0 saturated heterocycles. The zero-order valence-corrected chi connectivity index (χ0v) is 14.9. The van der Waals surface area contributed by atoms with Gasteiger partial charge in [0.2, 0.25) is 0 Å². The highest BCUT2D eigenvalue weighted by Crippen LogP contribution is 2.30. The quantitative estimate of drug-likeness (QED) is 0.740. The molecule has 0 atom stereocenters. The number of anilines is 1. The fraction of sp³-hybridized carbons (Fsp3) is 0.200. The second-order valence-electron chi connectivity index (χ2n) is 6.17. The topological polar surface area (TPSA) is 56.1 Å². The van der Waals surface area contributed by atoms with Crippen LogP contribution in [0, 0.1) is 0 Å². The highest BCUT2D eigenvalue weighted by atomic mass is 35.5. The van der Waals surface area contributed by atoms with Gasteiger partial charge in [0.25, 0.3) is 5.91 Å². The standard InChI is InChI=1S/C20H18ClN3O2/c21-14-9-11-16(12-10-14)26-13-19(25)22-20-17-7-4-8-18(17)23-24(20)15-5-2-1-3-6-15/h1-3,5-6,9-12H,4,7-8,13H2,(H,22,25). The number of halogens is 1. The number of benzene rings is 2. The molecule has 5 nitrogen and oxygen atoms in total. The maximum absolute atomic E-state index is 12.4. The van der Waals surface area contributed by atoms with Crippen molar-refractivity contribution in [2.45, 2.75) is 19.3 Å². The molecule has 4 rings (SSSR count). The largest absolute Gasteiger partial charge is 0.484 e. The Kier molecular flexibility index (Phi) is 4.63. The van der Waals surface area contributed by atoms with Gasteiger partial charge in [-0.15, -0.1) is 0 Å². The summed E-state index contributed by atoms with van der Waals surface area (Å²) in [6, 6.07) is 16.7. The fourth-order valence-electron chi connectivity index (χ4n) is 3.12. The molecule has 1 heterocycles. The highest BCUT2D eigenvalue weighted by Gasteiger charge is 2.24. The van der Waals surface area contributed by atoms with Gasteiger partial charge in [0.1, 0.15) is 11.6 Å². The summed E-state index contributed by atoms with van der Waals surface area (Å²) in [6.07, 6.45) is 2.94. The van der Waals surface area contributed by atoms with E-state index in [1.165, 1.54) is 0 Å². The van der Waals surface area contributed by atoms with E-state index in [1.54, 1.807) is 24.3 Å². The number of ether oxygens (including phenoxy) is 1. The molecule has 2 aromatic carbocycles. The minimum Gasteiger partial charge on any atom is -0.484 e. The number of aryl methyl sites for hydroxylation is 1. The summed E-state index contributed by atoms with van der Waals surface area (Å²) in [5.74, 6) is 1.13. The van der Waals surface area contributed by atoms with Crippen LogP contribution >= 0.6 is 11.6 Å². The summed E-state index contributed by atoms with van der Waals surface area (Å²) in [5, 5.41) is 8.30. The summed E-state index contributed by atoms with van der Waals surface area (Å²) in [6.45, 7) is -0.0730. The summed E-state index contributed by atoms with van der Waals surface area (Å²) >= 11 is 5.85. The third kappa shape index (κ3) is 3.44. The predicted molar refractivity (Wildman–Crippen MR) is 101 cm³/mol. The first-order chi connectivity index (χ1) is 12.7. The molecule has 0 bridgehead atoms. The lowest BCUT2D eigenvalue weighted by atomic mass is 10.2. The zero-order valence-electron chi connectivity index (χ0n) is 14.1. The molecule has 0 fully saturated rings. The molecular weight excluding hydrogens is 350 g/mol. The van der Waals surface area contributed by atoms with Crippen LogP contribution in [0.25, 0.3) is 5.69 Å². The number of carbonyl (C=O) groups is 1. The van der Waals surface area contributed by atoms with Crippen molar-refractivity contribution >= 4 is 23.3 Å². The number of nitrogens with one attached hydrogen (secondary N) is 1. The van der Waals surface area contributed by atoms with Gasteiger partial charge in [-0.05, 0) is 55.7 Å². The van der Waals surface area contributed by atoms with Gasteiger partial charge in [-0.2, -0.15) is 5.10 Å². The lowest BCUT2D eigenvalue weighted by Crippen LogP contribution is -2.22. The second kappa shape index (κ2) is 7.22. The molecule has 1 aliphatic rings. The van der Waals surface area contributed by atoms with E-state index < -0.39 is 0 Å². The number of nitrogens with zero attached hydrogens (tertiary/aromatic N) is 2. The van der Waals surface area contributed by atoms with Gasteiger partial charge in [-0.3, -0.25) is 4.79 Å². The molecule has 1 N–H and O–H groups in total. The third-order valence-corrected chi connectivity index (χ3v) is 4.60. The van der Waals surface area contributed by atoms with Crippen LogP contribution in [0.5, 0.6) is 5.75 Å². The number of carbonyl (C=O) groups excluding carboxylic acids is 1. The van der Waals surface area contributed by atoms with Crippen molar-refractivity contribution in [2.24, 2.45) is 0 Å². The van der Waals surface area contributed by atoms with E-state index in [-0.39, 0.29) is 12.5 Å². The maximum atomic E-state index is 12.4. The predicted octanol–water partition coefficient (Wildman–Crippen LogP) is 4.03. The monoisotopic (exact) mass is 367 g/mol. The van der Waals surface area contributed by atoms with Gasteiger partial charge in [-0.1, -0.05) is 29.8 Å². The molecule has 0 unspecified atom stereocenters. The zero-order chi connectivity index (χ0) is 17.9. The first-order valence-corrected chi connectivity index (χ1v) is 8.93. The molecule has 0 saturated carbocycles. The van der Waals surface area contributed by atoms with Gasteiger partial charge in [-0.25, -0.2) is 4.68 Å². The molecule has 6 heteroatoms. The summed E-state index contributed by atoms with van der Waals surface area (Å²) in [5.41, 5.74) is 3.10. The van der Waals surface area contributed by atoms with Gasteiger partial charge >= 0.3 is 0 Å². The Morgan fingerprint density at radius 2 is 1.88 bits per heavy atom. The average molecular weight is 368 g/mol. The Morgan fingerprint density at radius 3 is 2.65 bits per heavy atom. The molecule has 0 radical (unpaired) electrons. The van der Waals surface area contributed by atoms with Crippen LogP contribution in [0.4, 0.5) is 5.82 Å². The molecular formula is C20H18ClN3O2. The molecule has 0 spiro atoms. The second-order valence-corrected chi connectivity index (χ2v) is 6.60. The van der Waals surface area contributed by atoms with Crippen LogP contribution in [0.15, 0.2) is 54.6 Å². The fourth-order valence-corrected chi connectivity index (χ4v) is 3.25. The van der Waals surface area contributed by atoms with E-state index in [2.05, 4.69) is 10.4 Å². The average Bonchev–Trinajstić information content (AvgIpc) is 3.25. The van der Waals surface area contributed by atoms with E-state index in [9.17, 15) is 4.79 Å².